The van der Waals surface area contributed by atoms with Crippen LogP contribution in [0.1, 0.15) is 17.7 Å². The van der Waals surface area contributed by atoms with E-state index in [2.05, 4.69) is 30.7 Å². The minimum atomic E-state index is 0.336. The zero-order valence-electron chi connectivity index (χ0n) is 14.9. The van der Waals surface area contributed by atoms with Crippen molar-refractivity contribution in [1.29, 1.82) is 0 Å². The maximum Gasteiger partial charge on any atom is 0.224 e. The van der Waals surface area contributed by atoms with Crippen LogP contribution in [-0.2, 0) is 11.3 Å². The van der Waals surface area contributed by atoms with Crippen LogP contribution in [0.2, 0.25) is 5.28 Å². The lowest BCUT2D eigenvalue weighted by molar-refractivity contribution is 0.100. The van der Waals surface area contributed by atoms with Crippen molar-refractivity contribution in [2.24, 2.45) is 0 Å². The fourth-order valence-electron chi connectivity index (χ4n) is 4.42. The molecule has 2 aromatic heterocycles. The number of nitrogens with zero attached hydrogens (tertiary/aromatic N) is 5. The second-order valence-corrected chi connectivity index (χ2v) is 8.88. The second kappa shape index (κ2) is 7.20. The van der Waals surface area contributed by atoms with Crippen LogP contribution in [0.25, 0.3) is 10.2 Å². The highest BCUT2D eigenvalue weighted by Crippen LogP contribution is 2.34. The molecule has 140 valence electrons. The van der Waals surface area contributed by atoms with Gasteiger partial charge in [0.1, 0.15) is 0 Å². The van der Waals surface area contributed by atoms with Gasteiger partial charge < -0.3 is 9.64 Å². The van der Waals surface area contributed by atoms with E-state index in [1.165, 1.54) is 37.4 Å². The third kappa shape index (κ3) is 3.31. The van der Waals surface area contributed by atoms with Gasteiger partial charge in [0.05, 0.1) is 23.4 Å². The Morgan fingerprint density at radius 2 is 2.04 bits per heavy atom. The number of hydrogen-bond donors (Lipinski definition) is 0. The summed E-state index contributed by atoms with van der Waals surface area (Å²) in [5.41, 5.74) is 0.978. The molecule has 3 fully saturated rings. The Balaban J connectivity index is 1.39. The zero-order valence-corrected chi connectivity index (χ0v) is 16.4. The molecule has 2 aromatic rings. The molecule has 0 amide bonds. The van der Waals surface area contributed by atoms with Gasteiger partial charge in [0.25, 0.3) is 0 Å². The predicted octanol–water partition coefficient (Wildman–Crippen LogP) is 2.46. The molecule has 5 heterocycles. The maximum absolute atomic E-state index is 6.21. The molecule has 0 N–H and O–H groups in total. The molecular formula is C18H24ClN5OS. The summed E-state index contributed by atoms with van der Waals surface area (Å²) in [6.45, 7) is 9.06. The van der Waals surface area contributed by atoms with Crippen molar-refractivity contribution in [3.8, 4) is 0 Å². The highest BCUT2D eigenvalue weighted by atomic mass is 35.5. The Hall–Kier alpha value is -0.990. The van der Waals surface area contributed by atoms with E-state index in [1.807, 2.05) is 11.3 Å². The fraction of sp³-hybridized carbons (Fsp3) is 0.667. The van der Waals surface area contributed by atoms with E-state index in [-0.39, 0.29) is 0 Å². The average molecular weight is 394 g/mol. The van der Waals surface area contributed by atoms with E-state index >= 15 is 0 Å². The molecule has 8 heteroatoms. The van der Waals surface area contributed by atoms with Crippen LogP contribution in [0.15, 0.2) is 6.07 Å². The molecule has 0 bridgehead atoms. The van der Waals surface area contributed by atoms with Crippen LogP contribution < -0.4 is 4.90 Å². The van der Waals surface area contributed by atoms with Crippen LogP contribution in [0.3, 0.4) is 0 Å². The van der Waals surface area contributed by atoms with Crippen LogP contribution in [0.5, 0.6) is 0 Å². The van der Waals surface area contributed by atoms with Gasteiger partial charge in [-0.15, -0.1) is 11.3 Å². The van der Waals surface area contributed by atoms with Crippen LogP contribution in [0, 0.1) is 0 Å². The summed E-state index contributed by atoms with van der Waals surface area (Å²) < 4.78 is 6.64. The molecule has 0 spiro atoms. The molecule has 0 radical (unpaired) electrons. The number of fused-ring (bicyclic) bond motifs is 2. The molecule has 0 aromatic carbocycles. The Bertz CT molecular complexity index is 793. The third-order valence-corrected chi connectivity index (χ3v) is 7.01. The molecule has 3 aliphatic rings. The van der Waals surface area contributed by atoms with Gasteiger partial charge in [0.15, 0.2) is 5.82 Å². The van der Waals surface area contributed by atoms with Gasteiger partial charge in [0.2, 0.25) is 5.28 Å². The molecule has 0 unspecified atom stereocenters. The largest absolute Gasteiger partial charge is 0.378 e. The standard InChI is InChI=1S/C18H24ClN5OS/c19-18-20-15-10-14(12-22-4-5-23-3-1-2-13(23)11-22)26-16(15)17(21-18)24-6-8-25-9-7-24/h10,13H,1-9,11-12H2/t13-/m1/s1. The predicted molar refractivity (Wildman–Crippen MR) is 105 cm³/mol. The van der Waals surface area contributed by atoms with E-state index in [9.17, 15) is 0 Å². The number of thiophene rings is 1. The van der Waals surface area contributed by atoms with Gasteiger partial charge in [0, 0.05) is 50.2 Å². The smallest absolute Gasteiger partial charge is 0.224 e. The summed E-state index contributed by atoms with van der Waals surface area (Å²) in [4.78, 5) is 17.9. The summed E-state index contributed by atoms with van der Waals surface area (Å²) in [5.74, 6) is 0.972. The van der Waals surface area contributed by atoms with E-state index in [4.69, 9.17) is 16.3 Å². The van der Waals surface area contributed by atoms with Crippen molar-refractivity contribution in [1.82, 2.24) is 19.8 Å². The van der Waals surface area contributed by atoms with Gasteiger partial charge in [-0.2, -0.15) is 4.98 Å². The van der Waals surface area contributed by atoms with E-state index in [0.717, 1.165) is 61.5 Å². The number of piperazine rings is 1. The quantitative estimate of drug-likeness (QED) is 0.746. The Labute approximate surface area is 162 Å². The van der Waals surface area contributed by atoms with Crippen molar-refractivity contribution in [3.63, 3.8) is 0 Å². The first-order chi connectivity index (χ1) is 12.8. The second-order valence-electron chi connectivity index (χ2n) is 7.41. The first kappa shape index (κ1) is 17.1. The number of rotatable bonds is 3. The molecule has 5 rings (SSSR count). The molecule has 1 atom stereocenters. The molecule has 0 saturated carbocycles. The molecular weight excluding hydrogens is 370 g/mol. The van der Waals surface area contributed by atoms with Crippen molar-refractivity contribution in [3.05, 3.63) is 16.2 Å². The van der Waals surface area contributed by atoms with Crippen molar-refractivity contribution in [2.45, 2.75) is 25.4 Å². The summed E-state index contributed by atoms with van der Waals surface area (Å²) in [6, 6.07) is 2.97. The Kier molecular flexibility index (Phi) is 4.75. The fourth-order valence-corrected chi connectivity index (χ4v) is 5.75. The lowest BCUT2D eigenvalue weighted by Crippen LogP contribution is -2.49. The monoisotopic (exact) mass is 393 g/mol. The SMILES string of the molecule is Clc1nc(N2CCOCC2)c2sc(CN3CCN4CCC[C@@H]4C3)cc2n1. The first-order valence-electron chi connectivity index (χ1n) is 9.51. The van der Waals surface area contributed by atoms with Gasteiger partial charge in [-0.05, 0) is 37.1 Å². The number of halogens is 1. The maximum atomic E-state index is 6.21. The minimum absolute atomic E-state index is 0.336. The van der Waals surface area contributed by atoms with Crippen molar-refractivity contribution >= 4 is 39.0 Å². The summed E-state index contributed by atoms with van der Waals surface area (Å²) in [6.07, 6.45) is 2.71. The topological polar surface area (TPSA) is 44.7 Å². The highest BCUT2D eigenvalue weighted by Gasteiger charge is 2.30. The highest BCUT2D eigenvalue weighted by molar-refractivity contribution is 7.19. The molecule has 6 nitrogen and oxygen atoms in total. The number of hydrogen-bond acceptors (Lipinski definition) is 7. The molecule has 26 heavy (non-hydrogen) atoms. The molecule has 0 aliphatic carbocycles. The van der Waals surface area contributed by atoms with Gasteiger partial charge >= 0.3 is 0 Å². The van der Waals surface area contributed by atoms with Gasteiger partial charge in [-0.25, -0.2) is 4.98 Å². The van der Waals surface area contributed by atoms with Crippen LogP contribution >= 0.6 is 22.9 Å². The van der Waals surface area contributed by atoms with Crippen molar-refractivity contribution < 1.29 is 4.74 Å². The normalized spacial score (nSPS) is 25.1. The lowest BCUT2D eigenvalue weighted by Gasteiger charge is -2.37. The summed E-state index contributed by atoms with van der Waals surface area (Å²) in [7, 11) is 0. The number of anilines is 1. The van der Waals surface area contributed by atoms with Crippen LogP contribution in [0.4, 0.5) is 5.82 Å². The van der Waals surface area contributed by atoms with E-state index in [0.29, 0.717) is 5.28 Å². The molecule has 3 saturated heterocycles. The lowest BCUT2D eigenvalue weighted by atomic mass is 10.1. The number of aromatic nitrogens is 2. The number of ether oxygens (including phenoxy) is 1. The summed E-state index contributed by atoms with van der Waals surface area (Å²) >= 11 is 8.04. The van der Waals surface area contributed by atoms with Gasteiger partial charge in [-0.3, -0.25) is 9.80 Å². The Morgan fingerprint density at radius 3 is 2.92 bits per heavy atom. The minimum Gasteiger partial charge on any atom is -0.378 e. The van der Waals surface area contributed by atoms with Crippen LogP contribution in [-0.4, -0.2) is 78.3 Å². The average Bonchev–Trinajstić information content (AvgIpc) is 3.27. The Morgan fingerprint density at radius 1 is 1.15 bits per heavy atom. The van der Waals surface area contributed by atoms with E-state index in [1.54, 1.807) is 0 Å². The third-order valence-electron chi connectivity index (χ3n) is 5.74. The van der Waals surface area contributed by atoms with E-state index < -0.39 is 0 Å². The molecule has 3 aliphatic heterocycles. The van der Waals surface area contributed by atoms with Crippen molar-refractivity contribution in [2.75, 3.05) is 57.4 Å². The first-order valence-corrected chi connectivity index (χ1v) is 10.7. The van der Waals surface area contributed by atoms with Gasteiger partial charge in [-0.1, -0.05) is 0 Å². The zero-order chi connectivity index (χ0) is 17.5. The summed E-state index contributed by atoms with van der Waals surface area (Å²) in [5, 5.41) is 0.336. The number of morpholine rings is 1.